The zero-order valence-electron chi connectivity index (χ0n) is 6.13. The second kappa shape index (κ2) is 2.89. The topological polar surface area (TPSA) is 12.0 Å². The van der Waals surface area contributed by atoms with Gasteiger partial charge in [0.1, 0.15) is 5.82 Å². The quantitative estimate of drug-likeness (QED) is 0.697. The van der Waals surface area contributed by atoms with Crippen molar-refractivity contribution < 1.29 is 4.39 Å². The minimum Gasteiger partial charge on any atom is -0.384 e. The van der Waals surface area contributed by atoms with Crippen molar-refractivity contribution in [2.24, 2.45) is 0 Å². The van der Waals surface area contributed by atoms with E-state index in [4.69, 9.17) is 11.6 Å². The van der Waals surface area contributed by atoms with Crippen LogP contribution in [-0.2, 0) is 6.42 Å². The predicted molar refractivity (Wildman–Crippen MR) is 51.3 cm³/mol. The zero-order valence-corrected chi connectivity index (χ0v) is 8.47. The third-order valence-corrected chi connectivity index (χ3v) is 2.98. The Labute approximate surface area is 83.0 Å². The highest BCUT2D eigenvalue weighted by Crippen LogP contribution is 2.37. The van der Waals surface area contributed by atoms with Crippen LogP contribution in [0, 0.1) is 5.82 Å². The minimum atomic E-state index is -0.356. The first-order valence-electron chi connectivity index (χ1n) is 3.60. The van der Waals surface area contributed by atoms with E-state index in [0.717, 1.165) is 28.7 Å². The highest BCUT2D eigenvalue weighted by atomic mass is 79.9. The Hall–Kier alpha value is -0.280. The number of fused-ring (bicyclic) bond motifs is 1. The summed E-state index contributed by atoms with van der Waals surface area (Å²) >= 11 is 9.05. The molecule has 0 aliphatic carbocycles. The van der Waals surface area contributed by atoms with Crippen LogP contribution < -0.4 is 5.32 Å². The third-order valence-electron chi connectivity index (χ3n) is 1.95. The summed E-state index contributed by atoms with van der Waals surface area (Å²) < 4.78 is 13.8. The number of benzene rings is 1. The summed E-state index contributed by atoms with van der Waals surface area (Å²) in [6, 6.07) is 1.39. The van der Waals surface area contributed by atoms with Gasteiger partial charge >= 0.3 is 0 Å². The molecule has 64 valence electrons. The van der Waals surface area contributed by atoms with Gasteiger partial charge < -0.3 is 5.32 Å². The van der Waals surface area contributed by atoms with Gasteiger partial charge in [-0.05, 0) is 34.0 Å². The number of halogens is 3. The van der Waals surface area contributed by atoms with Crippen LogP contribution in [0.2, 0.25) is 5.02 Å². The second-order valence-electron chi connectivity index (χ2n) is 2.68. The van der Waals surface area contributed by atoms with E-state index in [1.807, 2.05) is 0 Å². The summed E-state index contributed by atoms with van der Waals surface area (Å²) in [7, 11) is 0. The molecule has 0 saturated heterocycles. The Morgan fingerprint density at radius 1 is 1.58 bits per heavy atom. The van der Waals surface area contributed by atoms with Crippen LogP contribution in [0.3, 0.4) is 0 Å². The third kappa shape index (κ3) is 1.12. The summed E-state index contributed by atoms with van der Waals surface area (Å²) in [6.07, 6.45) is 0.796. The Morgan fingerprint density at radius 3 is 3.08 bits per heavy atom. The fourth-order valence-electron chi connectivity index (χ4n) is 1.38. The maximum Gasteiger partial charge on any atom is 0.143 e. The summed E-state index contributed by atoms with van der Waals surface area (Å²) in [4.78, 5) is 0. The van der Waals surface area contributed by atoms with Crippen molar-refractivity contribution in [1.82, 2.24) is 0 Å². The first-order chi connectivity index (χ1) is 5.70. The summed E-state index contributed by atoms with van der Waals surface area (Å²) in [5, 5.41) is 3.39. The molecule has 1 aliphatic rings. The zero-order chi connectivity index (χ0) is 8.72. The molecule has 0 saturated carbocycles. The van der Waals surface area contributed by atoms with Gasteiger partial charge in [-0.2, -0.15) is 0 Å². The number of rotatable bonds is 0. The molecule has 0 atom stereocenters. The molecule has 0 bridgehead atoms. The van der Waals surface area contributed by atoms with Crippen LogP contribution in [0.5, 0.6) is 0 Å². The molecule has 0 spiro atoms. The van der Waals surface area contributed by atoms with E-state index in [0.29, 0.717) is 0 Å². The van der Waals surface area contributed by atoms with Crippen LogP contribution in [0.25, 0.3) is 0 Å². The lowest BCUT2D eigenvalue weighted by Crippen LogP contribution is -1.91. The van der Waals surface area contributed by atoms with E-state index in [2.05, 4.69) is 21.2 Å². The van der Waals surface area contributed by atoms with Gasteiger partial charge in [0.25, 0.3) is 0 Å². The van der Waals surface area contributed by atoms with Crippen molar-refractivity contribution in [1.29, 1.82) is 0 Å². The van der Waals surface area contributed by atoms with E-state index in [-0.39, 0.29) is 10.8 Å². The van der Waals surface area contributed by atoms with E-state index < -0.39 is 0 Å². The van der Waals surface area contributed by atoms with Crippen LogP contribution in [-0.4, -0.2) is 6.54 Å². The average Bonchev–Trinajstić information content (AvgIpc) is 2.48. The first-order valence-corrected chi connectivity index (χ1v) is 4.77. The molecular formula is C8H6BrClFN. The summed E-state index contributed by atoms with van der Waals surface area (Å²) in [6.45, 7) is 0.830. The molecule has 0 radical (unpaired) electrons. The number of anilines is 1. The molecule has 12 heavy (non-hydrogen) atoms. The van der Waals surface area contributed by atoms with E-state index in [1.165, 1.54) is 6.07 Å². The lowest BCUT2D eigenvalue weighted by Gasteiger charge is -2.05. The van der Waals surface area contributed by atoms with Crippen LogP contribution in [0.1, 0.15) is 5.56 Å². The minimum absolute atomic E-state index is 0.248. The number of hydrogen-bond donors (Lipinski definition) is 1. The number of nitrogens with one attached hydrogen (secondary N) is 1. The molecule has 0 unspecified atom stereocenters. The molecule has 4 heteroatoms. The van der Waals surface area contributed by atoms with Gasteiger partial charge in [-0.25, -0.2) is 4.39 Å². The van der Waals surface area contributed by atoms with Crippen LogP contribution in [0.15, 0.2) is 10.5 Å². The van der Waals surface area contributed by atoms with E-state index in [9.17, 15) is 4.39 Å². The molecule has 1 aromatic carbocycles. The normalized spacial score (nSPS) is 14.2. The molecule has 2 rings (SSSR count). The van der Waals surface area contributed by atoms with Crippen molar-refractivity contribution >= 4 is 33.2 Å². The Balaban J connectivity index is 2.69. The average molecular weight is 250 g/mol. The van der Waals surface area contributed by atoms with Gasteiger partial charge in [0, 0.05) is 11.0 Å². The summed E-state index contributed by atoms with van der Waals surface area (Å²) in [5.74, 6) is -0.356. The highest BCUT2D eigenvalue weighted by Gasteiger charge is 2.19. The van der Waals surface area contributed by atoms with Gasteiger partial charge in [-0.15, -0.1) is 0 Å². The largest absolute Gasteiger partial charge is 0.384 e. The van der Waals surface area contributed by atoms with Gasteiger partial charge in [-0.1, -0.05) is 11.6 Å². The van der Waals surface area contributed by atoms with Crippen LogP contribution >= 0.6 is 27.5 Å². The lowest BCUT2D eigenvalue weighted by molar-refractivity contribution is 0.626. The predicted octanol–water partition coefficient (Wildman–Crippen LogP) is 3.21. The molecule has 1 aliphatic heterocycles. The smallest absolute Gasteiger partial charge is 0.143 e. The maximum absolute atomic E-state index is 13.0. The highest BCUT2D eigenvalue weighted by molar-refractivity contribution is 9.10. The number of hydrogen-bond acceptors (Lipinski definition) is 1. The van der Waals surface area contributed by atoms with Gasteiger partial charge in [0.15, 0.2) is 0 Å². The fraction of sp³-hybridized carbons (Fsp3) is 0.250. The Kier molecular flexibility index (Phi) is 2.00. The maximum atomic E-state index is 13.0. The molecular weight excluding hydrogens is 244 g/mol. The fourth-order valence-corrected chi connectivity index (χ4v) is 2.21. The van der Waals surface area contributed by atoms with Crippen LogP contribution in [0.4, 0.5) is 10.1 Å². The standard InChI is InChI=1S/C8H6BrClFN/c9-5-3-6(11)7(10)4-1-2-12-8(4)5/h3,12H,1-2H2. The molecule has 1 nitrogen and oxygen atoms in total. The van der Waals surface area contributed by atoms with Gasteiger partial charge in [0.05, 0.1) is 10.7 Å². The SMILES string of the molecule is Fc1cc(Br)c2c(c1Cl)CCN2. The molecule has 1 N–H and O–H groups in total. The first kappa shape index (κ1) is 8.32. The molecule has 1 aromatic rings. The molecule has 1 heterocycles. The Morgan fingerprint density at radius 2 is 2.33 bits per heavy atom. The van der Waals surface area contributed by atoms with E-state index in [1.54, 1.807) is 0 Å². The molecule has 0 fully saturated rings. The Bertz CT molecular complexity index is 340. The van der Waals surface area contributed by atoms with Gasteiger partial charge in [0.2, 0.25) is 0 Å². The van der Waals surface area contributed by atoms with Crippen molar-refractivity contribution in [2.75, 3.05) is 11.9 Å². The molecule has 0 aromatic heterocycles. The monoisotopic (exact) mass is 249 g/mol. The van der Waals surface area contributed by atoms with Crippen molar-refractivity contribution in [2.45, 2.75) is 6.42 Å². The van der Waals surface area contributed by atoms with Crippen molar-refractivity contribution in [3.05, 3.63) is 26.9 Å². The lowest BCUT2D eigenvalue weighted by atomic mass is 10.1. The summed E-state index contributed by atoms with van der Waals surface area (Å²) in [5.41, 5.74) is 1.81. The van der Waals surface area contributed by atoms with Crippen molar-refractivity contribution in [3.63, 3.8) is 0 Å². The second-order valence-corrected chi connectivity index (χ2v) is 3.92. The van der Waals surface area contributed by atoms with Gasteiger partial charge in [-0.3, -0.25) is 0 Å². The van der Waals surface area contributed by atoms with Crippen molar-refractivity contribution in [3.8, 4) is 0 Å². The van der Waals surface area contributed by atoms with E-state index >= 15 is 0 Å². The molecule has 0 amide bonds.